The van der Waals surface area contributed by atoms with E-state index in [1.54, 1.807) is 0 Å². The maximum Gasteiger partial charge on any atom is 0.0632 e. The highest BCUT2D eigenvalue weighted by atomic mass is 16.3. The van der Waals surface area contributed by atoms with Crippen LogP contribution in [0.2, 0.25) is 0 Å². The molecule has 1 atom stereocenters. The van der Waals surface area contributed by atoms with Gasteiger partial charge in [-0.15, -0.1) is 0 Å². The predicted octanol–water partition coefficient (Wildman–Crippen LogP) is 2.15. The second-order valence-electron chi connectivity index (χ2n) is 3.89. The van der Waals surface area contributed by atoms with E-state index >= 15 is 0 Å². The molecule has 3 nitrogen and oxygen atoms in total. The molecule has 0 aliphatic heterocycles. The molecule has 0 fully saturated rings. The van der Waals surface area contributed by atoms with Gasteiger partial charge in [0.15, 0.2) is 0 Å². The largest absolute Gasteiger partial charge is 0.399 e. The number of aliphatic hydroxyl groups is 1. The first-order valence-electron chi connectivity index (χ1n) is 5.41. The van der Waals surface area contributed by atoms with E-state index in [0.29, 0.717) is 0 Å². The molecule has 0 radical (unpaired) electrons. The van der Waals surface area contributed by atoms with Gasteiger partial charge in [-0.1, -0.05) is 13.3 Å². The van der Waals surface area contributed by atoms with Crippen LogP contribution in [0.4, 0.5) is 11.4 Å². The third-order valence-electron chi connectivity index (χ3n) is 2.47. The Bertz CT molecular complexity index is 312. The molecule has 4 N–H and O–H groups in total. The topological polar surface area (TPSA) is 58.3 Å². The van der Waals surface area contributed by atoms with Crippen LogP contribution in [-0.2, 0) is 0 Å². The Balaban J connectivity index is 2.70. The number of aryl methyl sites for hydroxylation is 1. The Morgan fingerprint density at radius 2 is 2.20 bits per heavy atom. The van der Waals surface area contributed by atoms with Crippen LogP contribution in [0.25, 0.3) is 0 Å². The van der Waals surface area contributed by atoms with Crippen molar-refractivity contribution in [1.29, 1.82) is 0 Å². The van der Waals surface area contributed by atoms with Crippen LogP contribution in [0.1, 0.15) is 25.3 Å². The minimum absolute atomic E-state index is 0.136. The van der Waals surface area contributed by atoms with E-state index in [-0.39, 0.29) is 12.6 Å². The van der Waals surface area contributed by atoms with Gasteiger partial charge >= 0.3 is 0 Å². The van der Waals surface area contributed by atoms with Crippen LogP contribution in [0, 0.1) is 6.92 Å². The predicted molar refractivity (Wildman–Crippen MR) is 65.0 cm³/mol. The highest BCUT2D eigenvalue weighted by Crippen LogP contribution is 2.19. The first-order chi connectivity index (χ1) is 7.17. The molecule has 0 heterocycles. The van der Waals surface area contributed by atoms with Crippen molar-refractivity contribution < 1.29 is 5.11 Å². The number of hydrogen-bond acceptors (Lipinski definition) is 3. The van der Waals surface area contributed by atoms with E-state index in [0.717, 1.165) is 29.8 Å². The molecule has 0 spiro atoms. The summed E-state index contributed by atoms with van der Waals surface area (Å²) in [4.78, 5) is 0. The first kappa shape index (κ1) is 11.9. The molecular weight excluding hydrogens is 188 g/mol. The van der Waals surface area contributed by atoms with Gasteiger partial charge in [0, 0.05) is 17.4 Å². The number of rotatable bonds is 5. The van der Waals surface area contributed by atoms with Crippen molar-refractivity contribution >= 4 is 11.4 Å². The smallest absolute Gasteiger partial charge is 0.0632 e. The van der Waals surface area contributed by atoms with E-state index in [9.17, 15) is 5.11 Å². The number of nitrogens with two attached hydrogens (primary N) is 1. The van der Waals surface area contributed by atoms with E-state index in [2.05, 4.69) is 12.2 Å². The van der Waals surface area contributed by atoms with E-state index in [4.69, 9.17) is 5.73 Å². The van der Waals surface area contributed by atoms with Crippen molar-refractivity contribution in [2.45, 2.75) is 32.7 Å². The summed E-state index contributed by atoms with van der Waals surface area (Å²) in [6.07, 6.45) is 2.03. The molecule has 0 bridgehead atoms. The number of nitrogens with one attached hydrogen (secondary N) is 1. The van der Waals surface area contributed by atoms with Gasteiger partial charge in [0.1, 0.15) is 0 Å². The van der Waals surface area contributed by atoms with Gasteiger partial charge in [0.05, 0.1) is 6.61 Å². The van der Waals surface area contributed by atoms with Crippen LogP contribution in [0.5, 0.6) is 0 Å². The van der Waals surface area contributed by atoms with Gasteiger partial charge in [0.2, 0.25) is 0 Å². The summed E-state index contributed by atoms with van der Waals surface area (Å²) in [6.45, 7) is 4.29. The van der Waals surface area contributed by atoms with Gasteiger partial charge in [-0.25, -0.2) is 0 Å². The number of benzene rings is 1. The molecule has 0 aliphatic carbocycles. The average Bonchev–Trinajstić information content (AvgIpc) is 2.21. The Hall–Kier alpha value is -1.22. The number of aliphatic hydroxyl groups excluding tert-OH is 1. The molecule has 0 aliphatic rings. The van der Waals surface area contributed by atoms with Crippen molar-refractivity contribution in [3.8, 4) is 0 Å². The Morgan fingerprint density at radius 1 is 1.47 bits per heavy atom. The molecule has 0 amide bonds. The molecule has 84 valence electrons. The lowest BCUT2D eigenvalue weighted by Gasteiger charge is -2.18. The van der Waals surface area contributed by atoms with Crippen molar-refractivity contribution in [3.63, 3.8) is 0 Å². The van der Waals surface area contributed by atoms with Gasteiger partial charge in [-0.05, 0) is 37.1 Å². The fourth-order valence-electron chi connectivity index (χ4n) is 1.63. The number of anilines is 2. The lowest BCUT2D eigenvalue weighted by molar-refractivity contribution is 0.268. The van der Waals surface area contributed by atoms with Gasteiger partial charge in [-0.3, -0.25) is 0 Å². The fourth-order valence-corrected chi connectivity index (χ4v) is 1.63. The zero-order valence-electron chi connectivity index (χ0n) is 9.46. The average molecular weight is 208 g/mol. The molecule has 1 unspecified atom stereocenters. The second kappa shape index (κ2) is 5.61. The Morgan fingerprint density at radius 3 is 2.73 bits per heavy atom. The summed E-state index contributed by atoms with van der Waals surface area (Å²) in [6, 6.07) is 5.90. The molecule has 1 aromatic carbocycles. The summed E-state index contributed by atoms with van der Waals surface area (Å²) in [5.74, 6) is 0. The second-order valence-corrected chi connectivity index (χ2v) is 3.89. The molecule has 0 saturated carbocycles. The fraction of sp³-hybridized carbons (Fsp3) is 0.500. The van der Waals surface area contributed by atoms with Crippen molar-refractivity contribution in [2.24, 2.45) is 0 Å². The summed E-state index contributed by atoms with van der Waals surface area (Å²) in [5.41, 5.74) is 8.61. The minimum atomic E-state index is 0.136. The van der Waals surface area contributed by atoms with Crippen LogP contribution in [0.3, 0.4) is 0 Å². The van der Waals surface area contributed by atoms with E-state index in [1.165, 1.54) is 0 Å². The normalized spacial score (nSPS) is 12.5. The zero-order valence-corrected chi connectivity index (χ0v) is 9.46. The van der Waals surface area contributed by atoms with Crippen molar-refractivity contribution in [1.82, 2.24) is 0 Å². The minimum Gasteiger partial charge on any atom is -0.399 e. The van der Waals surface area contributed by atoms with Crippen LogP contribution in [-0.4, -0.2) is 17.8 Å². The Kier molecular flexibility index (Phi) is 4.43. The summed E-state index contributed by atoms with van der Waals surface area (Å²) < 4.78 is 0. The van der Waals surface area contributed by atoms with Gasteiger partial charge in [-0.2, -0.15) is 0 Å². The zero-order chi connectivity index (χ0) is 11.3. The number of nitrogen functional groups attached to an aromatic ring is 1. The Labute approximate surface area is 91.3 Å². The van der Waals surface area contributed by atoms with Crippen LogP contribution in [0.15, 0.2) is 18.2 Å². The summed E-state index contributed by atoms with van der Waals surface area (Å²) in [7, 11) is 0. The molecule has 1 rings (SSSR count). The molecular formula is C12H20N2O. The van der Waals surface area contributed by atoms with Crippen LogP contribution >= 0.6 is 0 Å². The molecule has 0 aromatic heterocycles. The van der Waals surface area contributed by atoms with Crippen molar-refractivity contribution in [2.75, 3.05) is 17.7 Å². The third kappa shape index (κ3) is 3.44. The maximum absolute atomic E-state index is 9.18. The SMILES string of the molecule is CCCC(CO)Nc1ccc(N)cc1C. The standard InChI is InChI=1S/C12H20N2O/c1-3-4-11(8-15)14-12-6-5-10(13)7-9(12)2/h5-7,11,14-15H,3-4,8,13H2,1-2H3. The van der Waals surface area contributed by atoms with Gasteiger partial charge < -0.3 is 16.2 Å². The van der Waals surface area contributed by atoms with Gasteiger partial charge in [0.25, 0.3) is 0 Å². The first-order valence-corrected chi connectivity index (χ1v) is 5.41. The monoisotopic (exact) mass is 208 g/mol. The summed E-state index contributed by atoms with van der Waals surface area (Å²) >= 11 is 0. The number of hydrogen-bond donors (Lipinski definition) is 3. The third-order valence-corrected chi connectivity index (χ3v) is 2.47. The lowest BCUT2D eigenvalue weighted by Crippen LogP contribution is -2.23. The van der Waals surface area contributed by atoms with E-state index < -0.39 is 0 Å². The van der Waals surface area contributed by atoms with E-state index in [1.807, 2.05) is 25.1 Å². The highest BCUT2D eigenvalue weighted by Gasteiger charge is 2.07. The van der Waals surface area contributed by atoms with Crippen LogP contribution < -0.4 is 11.1 Å². The maximum atomic E-state index is 9.18. The molecule has 1 aromatic rings. The molecule has 3 heteroatoms. The molecule has 0 saturated heterocycles. The quantitative estimate of drug-likeness (QED) is 0.650. The highest BCUT2D eigenvalue weighted by molar-refractivity contribution is 5.57. The molecule has 15 heavy (non-hydrogen) atoms. The summed E-state index contributed by atoms with van der Waals surface area (Å²) in [5, 5.41) is 12.5. The van der Waals surface area contributed by atoms with Crippen molar-refractivity contribution in [3.05, 3.63) is 23.8 Å². The lowest BCUT2D eigenvalue weighted by atomic mass is 10.1.